The second-order valence-electron chi connectivity index (χ2n) is 2.47. The fourth-order valence-electron chi connectivity index (χ4n) is 0.762. The molecule has 1 aromatic heterocycles. The summed E-state index contributed by atoms with van der Waals surface area (Å²) >= 11 is 1.27. The molecular weight excluding hydrogens is 220 g/mol. The number of nitrogens with one attached hydrogen (secondary N) is 2. The first-order chi connectivity index (χ1) is 7.11. The molecular formula is C6H10N6O2S. The number of hydrogen-bond acceptors (Lipinski definition) is 6. The summed E-state index contributed by atoms with van der Waals surface area (Å²) in [4.78, 5) is 10.3. The maximum absolute atomic E-state index is 10.3. The minimum absolute atomic E-state index is 0.207. The highest BCUT2D eigenvalue weighted by Crippen LogP contribution is 2.17. The van der Waals surface area contributed by atoms with Gasteiger partial charge in [0.1, 0.15) is 5.84 Å². The van der Waals surface area contributed by atoms with Gasteiger partial charge in [-0.2, -0.15) is 0 Å². The number of urea groups is 1. The van der Waals surface area contributed by atoms with E-state index in [0.717, 1.165) is 0 Å². The molecule has 1 heterocycles. The molecule has 0 bridgehead atoms. The zero-order valence-corrected chi connectivity index (χ0v) is 8.50. The first-order valence-corrected chi connectivity index (χ1v) is 4.93. The Bertz CT molecular complexity index is 364. The highest BCUT2D eigenvalue weighted by molar-refractivity contribution is 7.99. The van der Waals surface area contributed by atoms with Crippen LogP contribution in [0.5, 0.6) is 0 Å². The molecule has 1 rings (SSSR count). The Morgan fingerprint density at radius 3 is 2.87 bits per heavy atom. The van der Waals surface area contributed by atoms with Crippen LogP contribution in [-0.2, 0) is 0 Å². The van der Waals surface area contributed by atoms with Crippen LogP contribution in [-0.4, -0.2) is 34.5 Å². The number of amidine groups is 1. The number of amides is 2. The Morgan fingerprint density at radius 1 is 1.53 bits per heavy atom. The number of nitrogen functional groups attached to an aromatic ring is 1. The molecule has 0 spiro atoms. The maximum Gasteiger partial charge on any atom is 0.312 e. The van der Waals surface area contributed by atoms with Gasteiger partial charge in [0.25, 0.3) is 0 Å². The summed E-state index contributed by atoms with van der Waals surface area (Å²) < 4.78 is 4.43. The van der Waals surface area contributed by atoms with Gasteiger partial charge in [-0.1, -0.05) is 11.8 Å². The van der Waals surface area contributed by atoms with Crippen molar-refractivity contribution in [2.75, 3.05) is 12.3 Å². The third kappa shape index (κ3) is 3.46. The lowest BCUT2D eigenvalue weighted by Crippen LogP contribution is -2.31. The Morgan fingerprint density at radius 2 is 2.27 bits per heavy atom. The predicted octanol–water partition coefficient (Wildman–Crippen LogP) is -0.886. The van der Waals surface area contributed by atoms with Gasteiger partial charge in [-0.3, -0.25) is 5.41 Å². The number of hydrogen-bond donors (Lipinski definition) is 4. The van der Waals surface area contributed by atoms with Crippen LogP contribution in [0, 0.1) is 5.41 Å². The summed E-state index contributed by atoms with van der Waals surface area (Å²) in [6.07, 6.45) is 0. The number of carbonyl (C=O) groups is 1. The maximum atomic E-state index is 10.3. The van der Waals surface area contributed by atoms with E-state index in [4.69, 9.17) is 16.9 Å². The van der Waals surface area contributed by atoms with Gasteiger partial charge < -0.3 is 16.8 Å². The summed E-state index contributed by atoms with van der Waals surface area (Å²) in [5, 5.41) is 17.0. The molecule has 0 aliphatic carbocycles. The molecule has 0 aliphatic rings. The summed E-state index contributed by atoms with van der Waals surface area (Å²) in [7, 11) is 0. The Balaban J connectivity index is 2.40. The van der Waals surface area contributed by atoms with E-state index in [1.807, 2.05) is 0 Å². The van der Waals surface area contributed by atoms with Gasteiger partial charge in [-0.05, 0) is 10.3 Å². The van der Waals surface area contributed by atoms with Gasteiger partial charge in [0.05, 0.1) is 0 Å². The van der Waals surface area contributed by atoms with Crippen LogP contribution in [0.1, 0.15) is 5.69 Å². The lowest BCUT2D eigenvalue weighted by Gasteiger charge is -1.99. The number of primary amides is 1. The second kappa shape index (κ2) is 5.20. The molecule has 0 fully saturated rings. The van der Waals surface area contributed by atoms with Crippen molar-refractivity contribution in [3.05, 3.63) is 5.69 Å². The first kappa shape index (κ1) is 11.3. The minimum Gasteiger partial charge on any atom is -0.382 e. The van der Waals surface area contributed by atoms with Gasteiger partial charge in [-0.15, -0.1) is 0 Å². The zero-order valence-electron chi connectivity index (χ0n) is 7.69. The van der Waals surface area contributed by atoms with Crippen molar-refractivity contribution in [2.45, 2.75) is 5.03 Å². The van der Waals surface area contributed by atoms with Crippen molar-refractivity contribution in [3.63, 3.8) is 0 Å². The fourth-order valence-corrected chi connectivity index (χ4v) is 1.53. The number of aromatic nitrogens is 2. The van der Waals surface area contributed by atoms with Gasteiger partial charge in [-0.25, -0.2) is 9.42 Å². The van der Waals surface area contributed by atoms with Crippen LogP contribution >= 0.6 is 11.8 Å². The van der Waals surface area contributed by atoms with Crippen molar-refractivity contribution in [1.82, 2.24) is 15.6 Å². The van der Waals surface area contributed by atoms with Crippen molar-refractivity contribution >= 4 is 23.6 Å². The second-order valence-corrected chi connectivity index (χ2v) is 3.55. The average molecular weight is 230 g/mol. The van der Waals surface area contributed by atoms with E-state index in [2.05, 4.69) is 20.3 Å². The summed E-state index contributed by atoms with van der Waals surface area (Å²) in [5.41, 5.74) is 10.3. The first-order valence-electron chi connectivity index (χ1n) is 3.94. The molecule has 0 aliphatic heterocycles. The van der Waals surface area contributed by atoms with Crippen LogP contribution in [0.2, 0.25) is 0 Å². The molecule has 82 valence electrons. The molecule has 0 saturated heterocycles. The molecule has 1 aromatic rings. The van der Waals surface area contributed by atoms with E-state index in [9.17, 15) is 4.79 Å². The molecule has 6 N–H and O–H groups in total. The SMILES string of the molecule is N=C(N)c1nonc1SCCNC(N)=O. The van der Waals surface area contributed by atoms with Crippen LogP contribution in [0.3, 0.4) is 0 Å². The number of nitrogens with zero attached hydrogens (tertiary/aromatic N) is 2. The quantitative estimate of drug-likeness (QED) is 0.223. The van der Waals surface area contributed by atoms with Gasteiger partial charge in [0.2, 0.25) is 0 Å². The van der Waals surface area contributed by atoms with Gasteiger partial charge >= 0.3 is 6.03 Å². The Hall–Kier alpha value is -1.77. The molecule has 0 unspecified atom stereocenters. The highest BCUT2D eigenvalue weighted by Gasteiger charge is 2.12. The topological polar surface area (TPSA) is 144 Å². The van der Waals surface area contributed by atoms with Crippen LogP contribution in [0.25, 0.3) is 0 Å². The standard InChI is InChI=1S/C6H10N6O2S/c7-4(8)3-5(12-14-11-3)15-2-1-10-6(9)13/h1-2H2,(H3,7,8)(H3,9,10,13). The highest BCUT2D eigenvalue weighted by atomic mass is 32.2. The van der Waals surface area contributed by atoms with E-state index in [1.165, 1.54) is 11.8 Å². The van der Waals surface area contributed by atoms with Crippen molar-refractivity contribution in [3.8, 4) is 0 Å². The molecule has 0 atom stereocenters. The lowest BCUT2D eigenvalue weighted by atomic mass is 10.4. The summed E-state index contributed by atoms with van der Waals surface area (Å²) in [5.74, 6) is 0.332. The van der Waals surface area contributed by atoms with Crippen molar-refractivity contribution in [2.24, 2.45) is 11.5 Å². The van der Waals surface area contributed by atoms with Gasteiger partial charge in [0.15, 0.2) is 10.7 Å². The van der Waals surface area contributed by atoms with E-state index in [-0.39, 0.29) is 11.5 Å². The van der Waals surface area contributed by atoms with E-state index >= 15 is 0 Å². The average Bonchev–Trinajstić information content (AvgIpc) is 2.60. The van der Waals surface area contributed by atoms with Crippen molar-refractivity contribution < 1.29 is 9.42 Å². The number of nitrogens with two attached hydrogens (primary N) is 2. The summed E-state index contributed by atoms with van der Waals surface area (Å²) in [6, 6.07) is -0.583. The number of carbonyl (C=O) groups excluding carboxylic acids is 1. The zero-order chi connectivity index (χ0) is 11.3. The van der Waals surface area contributed by atoms with Crippen molar-refractivity contribution in [1.29, 1.82) is 5.41 Å². The lowest BCUT2D eigenvalue weighted by molar-refractivity contribution is 0.249. The molecule has 2 amide bonds. The smallest absolute Gasteiger partial charge is 0.312 e. The van der Waals surface area contributed by atoms with Crippen LogP contribution in [0.4, 0.5) is 4.79 Å². The normalized spacial score (nSPS) is 9.87. The molecule has 0 radical (unpaired) electrons. The fraction of sp³-hybridized carbons (Fsp3) is 0.333. The molecule has 9 heteroatoms. The van der Waals surface area contributed by atoms with Crippen LogP contribution in [0.15, 0.2) is 9.65 Å². The summed E-state index contributed by atoms with van der Waals surface area (Å²) in [6.45, 7) is 0.393. The largest absolute Gasteiger partial charge is 0.382 e. The number of thioether (sulfide) groups is 1. The molecule has 0 saturated carbocycles. The van der Waals surface area contributed by atoms with Crippen LogP contribution < -0.4 is 16.8 Å². The monoisotopic (exact) mass is 230 g/mol. The minimum atomic E-state index is -0.583. The predicted molar refractivity (Wildman–Crippen MR) is 53.6 cm³/mol. The molecule has 0 aromatic carbocycles. The Labute approximate surface area is 89.2 Å². The van der Waals surface area contributed by atoms with E-state index in [0.29, 0.717) is 17.3 Å². The number of rotatable bonds is 5. The third-order valence-corrected chi connectivity index (χ3v) is 2.30. The molecule has 8 nitrogen and oxygen atoms in total. The van der Waals surface area contributed by atoms with Gasteiger partial charge in [0, 0.05) is 12.3 Å². The van der Waals surface area contributed by atoms with E-state index < -0.39 is 6.03 Å². The Kier molecular flexibility index (Phi) is 3.92. The molecule has 15 heavy (non-hydrogen) atoms. The third-order valence-electron chi connectivity index (χ3n) is 1.35. The van der Waals surface area contributed by atoms with E-state index in [1.54, 1.807) is 0 Å².